The summed E-state index contributed by atoms with van der Waals surface area (Å²) < 4.78 is 15.7. The van der Waals surface area contributed by atoms with Crippen LogP contribution < -0.4 is 10.2 Å². The van der Waals surface area contributed by atoms with Crippen LogP contribution in [-0.2, 0) is 0 Å². The predicted molar refractivity (Wildman–Crippen MR) is 136 cm³/mol. The fourth-order valence-corrected chi connectivity index (χ4v) is 5.20. The van der Waals surface area contributed by atoms with Crippen LogP contribution in [0.2, 0.25) is 5.02 Å². The van der Waals surface area contributed by atoms with Crippen molar-refractivity contribution in [2.75, 3.05) is 4.90 Å². The van der Waals surface area contributed by atoms with Gasteiger partial charge in [-0.3, -0.25) is 4.98 Å². The van der Waals surface area contributed by atoms with Crippen molar-refractivity contribution >= 4 is 34.6 Å². The fraction of sp³-hybridized carbons (Fsp3) is 0.154. The molecular weight excluding hydrogens is 471 g/mol. The Morgan fingerprint density at radius 2 is 1.82 bits per heavy atom. The molecule has 3 heterocycles. The lowest BCUT2D eigenvalue weighted by atomic mass is 9.96. The Hall–Kier alpha value is -3.42. The topological polar surface area (TPSA) is 53.3 Å². The lowest BCUT2D eigenvalue weighted by Gasteiger charge is -2.28. The van der Waals surface area contributed by atoms with Crippen LogP contribution in [0.4, 0.5) is 10.1 Å². The molecule has 0 bridgehead atoms. The van der Waals surface area contributed by atoms with E-state index in [-0.39, 0.29) is 23.7 Å². The Labute approximate surface area is 207 Å². The van der Waals surface area contributed by atoms with E-state index in [9.17, 15) is 9.50 Å². The van der Waals surface area contributed by atoms with Gasteiger partial charge >= 0.3 is 0 Å². The maximum atomic E-state index is 13.6. The largest absolute Gasteiger partial charge is 0.506 e. The van der Waals surface area contributed by atoms with Crippen LogP contribution in [0.15, 0.2) is 72.9 Å². The summed E-state index contributed by atoms with van der Waals surface area (Å²) in [7, 11) is 0. The summed E-state index contributed by atoms with van der Waals surface area (Å²) in [4.78, 5) is 6.48. The van der Waals surface area contributed by atoms with Crippen molar-refractivity contribution < 1.29 is 9.50 Å². The first kappa shape index (κ1) is 22.4. The van der Waals surface area contributed by atoms with E-state index in [1.165, 1.54) is 12.1 Å². The normalized spacial score (nSPS) is 17.8. The summed E-state index contributed by atoms with van der Waals surface area (Å²) in [6.07, 6.45) is 1.75. The van der Waals surface area contributed by atoms with Gasteiger partial charge in [-0.2, -0.15) is 0 Å². The SMILES string of the molecule is Cc1cc([C@H]2[C@@H](c3ccccn3)NC(=S)N2c2cc(Cl)ccc2O)c(C)n1-c1ccc(F)cc1. The molecule has 34 heavy (non-hydrogen) atoms. The number of phenols is 1. The molecule has 4 aromatic rings. The Morgan fingerprint density at radius 1 is 1.06 bits per heavy atom. The fourth-order valence-electron chi connectivity index (χ4n) is 4.69. The van der Waals surface area contributed by atoms with Crippen LogP contribution in [-0.4, -0.2) is 19.8 Å². The lowest BCUT2D eigenvalue weighted by molar-refractivity contribution is 0.472. The number of nitrogens with one attached hydrogen (secondary N) is 1. The van der Waals surface area contributed by atoms with E-state index in [0.29, 0.717) is 15.8 Å². The van der Waals surface area contributed by atoms with Gasteiger partial charge in [0, 0.05) is 28.3 Å². The molecule has 1 saturated heterocycles. The van der Waals surface area contributed by atoms with Crippen molar-refractivity contribution in [1.29, 1.82) is 0 Å². The number of hydrogen-bond donors (Lipinski definition) is 2. The minimum absolute atomic E-state index is 0.0764. The van der Waals surface area contributed by atoms with Gasteiger partial charge in [0.05, 0.1) is 23.5 Å². The molecule has 2 N–H and O–H groups in total. The summed E-state index contributed by atoms with van der Waals surface area (Å²) in [5.74, 6) is -0.206. The van der Waals surface area contributed by atoms with E-state index >= 15 is 0 Å². The van der Waals surface area contributed by atoms with Crippen LogP contribution in [0.5, 0.6) is 5.75 Å². The first-order chi connectivity index (χ1) is 16.3. The maximum absolute atomic E-state index is 13.6. The number of pyridine rings is 1. The number of aryl methyl sites for hydroxylation is 1. The third-order valence-corrected chi connectivity index (χ3v) is 6.72. The van der Waals surface area contributed by atoms with Crippen molar-refractivity contribution in [1.82, 2.24) is 14.9 Å². The molecule has 1 aliphatic rings. The minimum atomic E-state index is -0.313. The van der Waals surface area contributed by atoms with Crippen LogP contribution >= 0.6 is 23.8 Å². The number of rotatable bonds is 4. The first-order valence-corrected chi connectivity index (χ1v) is 11.6. The molecule has 5 nitrogen and oxygen atoms in total. The predicted octanol–water partition coefficient (Wildman–Crippen LogP) is 6.16. The number of halogens is 2. The molecule has 1 aliphatic heterocycles. The highest BCUT2D eigenvalue weighted by atomic mass is 35.5. The van der Waals surface area contributed by atoms with Crippen LogP contribution in [0.1, 0.15) is 34.7 Å². The first-order valence-electron chi connectivity index (χ1n) is 10.8. The number of phenolic OH excluding ortho intramolecular Hbond substituents is 1. The average molecular weight is 493 g/mol. The van der Waals surface area contributed by atoms with Gasteiger partial charge < -0.3 is 19.9 Å². The second kappa shape index (κ2) is 8.74. The molecule has 0 radical (unpaired) electrons. The van der Waals surface area contributed by atoms with Crippen LogP contribution in [0.3, 0.4) is 0 Å². The number of nitrogens with zero attached hydrogens (tertiary/aromatic N) is 3. The molecular formula is C26H22ClFN4OS. The Bertz CT molecular complexity index is 1370. The van der Waals surface area contributed by atoms with Crippen molar-refractivity contribution in [3.8, 4) is 11.4 Å². The van der Waals surface area contributed by atoms with Gasteiger partial charge in [-0.1, -0.05) is 17.7 Å². The van der Waals surface area contributed by atoms with Gasteiger partial charge in [-0.05, 0) is 92.3 Å². The lowest BCUT2D eigenvalue weighted by Crippen LogP contribution is -2.29. The zero-order valence-corrected chi connectivity index (χ0v) is 20.1. The molecule has 1 fully saturated rings. The summed E-state index contributed by atoms with van der Waals surface area (Å²) in [6.45, 7) is 4.04. The summed E-state index contributed by atoms with van der Waals surface area (Å²) in [6, 6.07) is 18.6. The van der Waals surface area contributed by atoms with E-state index < -0.39 is 0 Å². The summed E-state index contributed by atoms with van der Waals surface area (Å²) in [5.41, 5.74) is 5.18. The van der Waals surface area contributed by atoms with E-state index in [4.69, 9.17) is 23.8 Å². The molecule has 2 aromatic carbocycles. The zero-order valence-electron chi connectivity index (χ0n) is 18.5. The highest BCUT2D eigenvalue weighted by Crippen LogP contribution is 2.46. The number of hydrogen-bond acceptors (Lipinski definition) is 3. The van der Waals surface area contributed by atoms with Crippen molar-refractivity contribution in [3.05, 3.63) is 106 Å². The smallest absolute Gasteiger partial charge is 0.174 e. The van der Waals surface area contributed by atoms with Gasteiger partial charge in [-0.25, -0.2) is 4.39 Å². The van der Waals surface area contributed by atoms with Crippen molar-refractivity contribution in [2.45, 2.75) is 25.9 Å². The van der Waals surface area contributed by atoms with Gasteiger partial charge in [0.25, 0.3) is 0 Å². The average Bonchev–Trinajstić information content (AvgIpc) is 3.32. The number of anilines is 1. The zero-order chi connectivity index (χ0) is 24.0. The van der Waals surface area contributed by atoms with Crippen molar-refractivity contribution in [2.24, 2.45) is 0 Å². The number of thiocarbonyl (C=S) groups is 1. The number of aromatic hydroxyl groups is 1. The van der Waals surface area contributed by atoms with E-state index in [0.717, 1.165) is 28.3 Å². The Balaban J connectivity index is 1.70. The van der Waals surface area contributed by atoms with E-state index in [1.54, 1.807) is 36.5 Å². The molecule has 2 atom stereocenters. The summed E-state index contributed by atoms with van der Waals surface area (Å²) >= 11 is 12.0. The number of aromatic nitrogens is 2. The minimum Gasteiger partial charge on any atom is -0.506 e. The quantitative estimate of drug-likeness (QED) is 0.334. The third-order valence-electron chi connectivity index (χ3n) is 6.17. The van der Waals surface area contributed by atoms with Crippen LogP contribution in [0, 0.1) is 19.7 Å². The Kier molecular flexibility index (Phi) is 5.75. The second-order valence-corrected chi connectivity index (χ2v) is 9.09. The van der Waals surface area contributed by atoms with Gasteiger partial charge in [0.1, 0.15) is 11.6 Å². The maximum Gasteiger partial charge on any atom is 0.174 e. The van der Waals surface area contributed by atoms with Crippen molar-refractivity contribution in [3.63, 3.8) is 0 Å². The molecule has 0 spiro atoms. The van der Waals surface area contributed by atoms with Crippen LogP contribution in [0.25, 0.3) is 5.69 Å². The number of benzene rings is 2. The monoisotopic (exact) mass is 492 g/mol. The highest BCUT2D eigenvalue weighted by molar-refractivity contribution is 7.80. The molecule has 5 rings (SSSR count). The highest BCUT2D eigenvalue weighted by Gasteiger charge is 2.43. The van der Waals surface area contributed by atoms with E-state index in [1.807, 2.05) is 36.9 Å². The molecule has 172 valence electrons. The molecule has 0 saturated carbocycles. The molecule has 0 unspecified atom stereocenters. The standard InChI is InChI=1S/C26H22ClFN4OS/c1-15-13-20(16(2)31(15)19-9-7-18(28)8-10-19)25-24(21-5-3-4-12-29-21)30-26(34)32(25)22-14-17(27)6-11-23(22)33/h3-14,24-25,33H,1-2H3,(H,30,34)/t24-,25+/m1/s1. The molecule has 0 amide bonds. The van der Waals surface area contributed by atoms with Gasteiger partial charge in [-0.15, -0.1) is 0 Å². The van der Waals surface area contributed by atoms with Gasteiger partial charge in [0.15, 0.2) is 5.11 Å². The molecule has 2 aromatic heterocycles. The van der Waals surface area contributed by atoms with E-state index in [2.05, 4.69) is 20.9 Å². The van der Waals surface area contributed by atoms with Gasteiger partial charge in [0.2, 0.25) is 0 Å². The molecule has 8 heteroatoms. The molecule has 0 aliphatic carbocycles. The second-order valence-electron chi connectivity index (χ2n) is 8.27. The Morgan fingerprint density at radius 3 is 2.53 bits per heavy atom. The summed E-state index contributed by atoms with van der Waals surface area (Å²) in [5, 5.41) is 15.1. The third kappa shape index (κ3) is 3.81.